The van der Waals surface area contributed by atoms with E-state index in [4.69, 9.17) is 15.2 Å². The molecule has 0 bridgehead atoms. The first-order valence-electron chi connectivity index (χ1n) is 10.8. The van der Waals surface area contributed by atoms with E-state index in [0.717, 1.165) is 0 Å². The van der Waals surface area contributed by atoms with E-state index < -0.39 is 18.7 Å². The standard InChI is InChI=1S/C21H21F3N8O3/c22-21(23,24)11-35-16-14(31-5-7-34-8-6-31)2-1-13-15(16)29-20(32-4-3-26-17(13)32)30-18(33)12-9-27-19(25)28-10-12/h1-2,9-10,26H,3-8,11H2,(H2,25,27,28). The second-order valence-corrected chi connectivity index (χ2v) is 7.90. The number of rotatable bonds is 4. The topological polar surface area (TPSA) is 133 Å². The summed E-state index contributed by atoms with van der Waals surface area (Å²) in [7, 11) is 0. The van der Waals surface area contributed by atoms with Crippen molar-refractivity contribution in [2.24, 2.45) is 4.99 Å². The summed E-state index contributed by atoms with van der Waals surface area (Å²) in [6.45, 7) is 1.35. The van der Waals surface area contributed by atoms with E-state index in [1.54, 1.807) is 16.7 Å². The second kappa shape index (κ2) is 9.02. The Morgan fingerprint density at radius 2 is 1.94 bits per heavy atom. The van der Waals surface area contributed by atoms with E-state index in [1.807, 2.05) is 4.90 Å². The van der Waals surface area contributed by atoms with Gasteiger partial charge in [-0.25, -0.2) is 15.0 Å². The summed E-state index contributed by atoms with van der Waals surface area (Å²) in [4.78, 5) is 30.8. The third-order valence-electron chi connectivity index (χ3n) is 5.57. The second-order valence-electron chi connectivity index (χ2n) is 7.90. The number of halogens is 3. The number of aromatic nitrogens is 4. The first-order valence-corrected chi connectivity index (χ1v) is 10.8. The van der Waals surface area contributed by atoms with Gasteiger partial charge in [-0.05, 0) is 12.1 Å². The monoisotopic (exact) mass is 490 g/mol. The lowest BCUT2D eigenvalue weighted by atomic mass is 10.1. The molecule has 0 atom stereocenters. The maximum atomic E-state index is 13.1. The quantitative estimate of drug-likeness (QED) is 0.556. The Kier molecular flexibility index (Phi) is 5.88. The number of fused-ring (bicyclic) bond motifs is 3. The highest BCUT2D eigenvalue weighted by molar-refractivity contribution is 5.98. The molecule has 0 unspecified atom stereocenters. The maximum Gasteiger partial charge on any atom is 0.422 e. The van der Waals surface area contributed by atoms with Crippen LogP contribution < -0.4 is 26.3 Å². The van der Waals surface area contributed by atoms with Crippen molar-refractivity contribution in [3.63, 3.8) is 0 Å². The van der Waals surface area contributed by atoms with Crippen LogP contribution in [0.15, 0.2) is 29.5 Å². The summed E-state index contributed by atoms with van der Waals surface area (Å²) in [5, 5.41) is 3.76. The Bertz CT molecular complexity index is 1330. The Hall–Kier alpha value is -3.94. The number of nitrogens with zero attached hydrogens (tertiary/aromatic N) is 6. The number of alkyl halides is 3. The zero-order valence-electron chi connectivity index (χ0n) is 18.4. The van der Waals surface area contributed by atoms with Gasteiger partial charge in [-0.3, -0.25) is 9.36 Å². The van der Waals surface area contributed by atoms with Gasteiger partial charge in [0.2, 0.25) is 11.6 Å². The van der Waals surface area contributed by atoms with Gasteiger partial charge in [-0.1, -0.05) is 0 Å². The molecule has 0 spiro atoms. The minimum Gasteiger partial charge on any atom is -0.480 e. The summed E-state index contributed by atoms with van der Waals surface area (Å²) in [6, 6.07) is 3.49. The highest BCUT2D eigenvalue weighted by Gasteiger charge is 2.31. The molecule has 1 fully saturated rings. The van der Waals surface area contributed by atoms with Gasteiger partial charge >= 0.3 is 6.18 Å². The van der Waals surface area contributed by atoms with Crippen LogP contribution in [0.3, 0.4) is 0 Å². The number of morpholine rings is 1. The molecule has 11 nitrogen and oxygen atoms in total. The SMILES string of the molecule is Nc1ncc(C(=O)N=c2nc3c(OCC(F)(F)F)c(N4CCOCC4)ccc3c3n2CCN3)cn1. The number of nitrogens with two attached hydrogens (primary N) is 1. The van der Waals surface area contributed by atoms with Crippen LogP contribution in [-0.4, -0.2) is 71.1 Å². The third kappa shape index (κ3) is 4.69. The van der Waals surface area contributed by atoms with E-state index >= 15 is 0 Å². The van der Waals surface area contributed by atoms with Crippen molar-refractivity contribution < 1.29 is 27.4 Å². The highest BCUT2D eigenvalue weighted by Crippen LogP contribution is 2.39. The molecule has 2 aliphatic heterocycles. The lowest BCUT2D eigenvalue weighted by Gasteiger charge is -2.30. The van der Waals surface area contributed by atoms with Crippen LogP contribution in [0.5, 0.6) is 5.75 Å². The van der Waals surface area contributed by atoms with Crippen molar-refractivity contribution in [3.8, 4) is 5.75 Å². The number of ether oxygens (including phenoxy) is 2. The number of benzene rings is 1. The van der Waals surface area contributed by atoms with Crippen molar-refractivity contribution in [1.29, 1.82) is 0 Å². The molecule has 184 valence electrons. The van der Waals surface area contributed by atoms with E-state index in [2.05, 4.69) is 25.3 Å². The third-order valence-corrected chi connectivity index (χ3v) is 5.57. The van der Waals surface area contributed by atoms with Gasteiger partial charge in [0, 0.05) is 44.0 Å². The number of amides is 1. The molecule has 2 aromatic heterocycles. The Labute approximate surface area is 196 Å². The summed E-state index contributed by atoms with van der Waals surface area (Å²) in [5.41, 5.74) is 6.22. The molecule has 3 N–H and O–H groups in total. The fourth-order valence-electron chi connectivity index (χ4n) is 4.00. The van der Waals surface area contributed by atoms with Gasteiger partial charge < -0.3 is 25.4 Å². The average molecular weight is 490 g/mol. The zero-order valence-corrected chi connectivity index (χ0v) is 18.4. The van der Waals surface area contributed by atoms with Crippen LogP contribution in [0.1, 0.15) is 10.4 Å². The predicted molar refractivity (Wildman–Crippen MR) is 119 cm³/mol. The van der Waals surface area contributed by atoms with Crippen molar-refractivity contribution in [2.75, 3.05) is 55.4 Å². The molecule has 4 heterocycles. The van der Waals surface area contributed by atoms with Crippen LogP contribution >= 0.6 is 0 Å². The molecule has 5 rings (SSSR count). The molecule has 0 saturated carbocycles. The first-order chi connectivity index (χ1) is 16.8. The number of nitrogens with one attached hydrogen (secondary N) is 1. The number of hydrogen-bond donors (Lipinski definition) is 2. The summed E-state index contributed by atoms with van der Waals surface area (Å²) in [5.74, 6) is -0.105. The summed E-state index contributed by atoms with van der Waals surface area (Å²) < 4.78 is 51.8. The van der Waals surface area contributed by atoms with Gasteiger partial charge in [-0.2, -0.15) is 18.2 Å². The normalized spacial score (nSPS) is 16.3. The van der Waals surface area contributed by atoms with Crippen LogP contribution in [0, 0.1) is 0 Å². The molecule has 14 heteroatoms. The van der Waals surface area contributed by atoms with Gasteiger partial charge in [0.05, 0.1) is 24.5 Å². The number of carbonyl (C=O) groups excluding carboxylic acids is 1. The average Bonchev–Trinajstić information content (AvgIpc) is 3.33. The van der Waals surface area contributed by atoms with Crippen molar-refractivity contribution in [3.05, 3.63) is 35.7 Å². The zero-order chi connectivity index (χ0) is 24.6. The van der Waals surface area contributed by atoms with E-state index in [9.17, 15) is 18.0 Å². The summed E-state index contributed by atoms with van der Waals surface area (Å²) in [6.07, 6.45) is -2.06. The fourth-order valence-corrected chi connectivity index (χ4v) is 4.00. The van der Waals surface area contributed by atoms with E-state index in [-0.39, 0.29) is 28.4 Å². The minimum atomic E-state index is -4.55. The lowest BCUT2D eigenvalue weighted by molar-refractivity contribution is -0.153. The Balaban J connectivity index is 1.68. The van der Waals surface area contributed by atoms with Crippen LogP contribution in [-0.2, 0) is 11.3 Å². The smallest absolute Gasteiger partial charge is 0.422 e. The molecule has 1 saturated heterocycles. The lowest BCUT2D eigenvalue weighted by Crippen LogP contribution is -2.36. The number of anilines is 3. The molecule has 1 amide bonds. The van der Waals surface area contributed by atoms with Crippen LogP contribution in [0.2, 0.25) is 0 Å². The largest absolute Gasteiger partial charge is 0.480 e. The van der Waals surface area contributed by atoms with E-state index in [1.165, 1.54) is 12.4 Å². The number of carbonyl (C=O) groups is 1. The number of nitrogen functional groups attached to an aromatic ring is 1. The number of hydrogen-bond acceptors (Lipinski definition) is 9. The molecular formula is C21H21F3N8O3. The molecule has 0 radical (unpaired) electrons. The first kappa shape index (κ1) is 22.8. The fraction of sp³-hybridized carbons (Fsp3) is 0.381. The van der Waals surface area contributed by atoms with Gasteiger partial charge in [-0.15, -0.1) is 0 Å². The van der Waals surface area contributed by atoms with Crippen molar-refractivity contribution >= 4 is 34.3 Å². The maximum absolute atomic E-state index is 13.1. The summed E-state index contributed by atoms with van der Waals surface area (Å²) >= 11 is 0. The van der Waals surface area contributed by atoms with Crippen molar-refractivity contribution in [2.45, 2.75) is 12.7 Å². The molecule has 2 aliphatic rings. The highest BCUT2D eigenvalue weighted by atomic mass is 19.4. The van der Waals surface area contributed by atoms with Gasteiger partial charge in [0.15, 0.2) is 12.4 Å². The van der Waals surface area contributed by atoms with Crippen LogP contribution in [0.25, 0.3) is 10.9 Å². The van der Waals surface area contributed by atoms with Gasteiger partial charge in [0.25, 0.3) is 5.91 Å². The van der Waals surface area contributed by atoms with E-state index in [0.29, 0.717) is 56.3 Å². The molecule has 35 heavy (non-hydrogen) atoms. The molecular weight excluding hydrogens is 469 g/mol. The molecule has 0 aliphatic carbocycles. The molecule has 1 aromatic carbocycles. The minimum absolute atomic E-state index is 0.00643. The van der Waals surface area contributed by atoms with Crippen molar-refractivity contribution in [1.82, 2.24) is 19.5 Å². The Morgan fingerprint density at radius 3 is 2.66 bits per heavy atom. The van der Waals surface area contributed by atoms with Gasteiger partial charge in [0.1, 0.15) is 11.3 Å². The predicted octanol–water partition coefficient (Wildman–Crippen LogP) is 1.35. The Morgan fingerprint density at radius 1 is 1.20 bits per heavy atom. The van der Waals surface area contributed by atoms with Crippen LogP contribution in [0.4, 0.5) is 30.6 Å². The molecule has 3 aromatic rings.